The van der Waals surface area contributed by atoms with Gasteiger partial charge < -0.3 is 9.90 Å². The van der Waals surface area contributed by atoms with Crippen LogP contribution in [0.1, 0.15) is 34.0 Å². The van der Waals surface area contributed by atoms with Crippen LogP contribution in [0.3, 0.4) is 0 Å². The number of unbranched alkanes of at least 4 members (excludes halogenated alkanes) is 2. The molecule has 0 unspecified atom stereocenters. The second-order valence-corrected chi connectivity index (χ2v) is 10.4. The van der Waals surface area contributed by atoms with Crippen LogP contribution in [0.2, 0.25) is 0 Å². The molecule has 3 aromatic carbocycles. The molecule has 0 atom stereocenters. The Bertz CT molecular complexity index is 889. The van der Waals surface area contributed by atoms with Gasteiger partial charge >= 0.3 is 0 Å². The molecule has 0 aliphatic carbocycles. The first-order valence-corrected chi connectivity index (χ1v) is 11.9. The van der Waals surface area contributed by atoms with Gasteiger partial charge in [-0.2, -0.15) is 0 Å². The van der Waals surface area contributed by atoms with Gasteiger partial charge in [0.2, 0.25) is 0 Å². The molecule has 2 nitrogen and oxygen atoms in total. The number of carboxylic acids is 1. The Morgan fingerprint density at radius 3 is 1.59 bits per heavy atom. The zero-order valence-corrected chi connectivity index (χ0v) is 17.6. The molecule has 0 bridgehead atoms. The maximum absolute atomic E-state index is 12.0. The van der Waals surface area contributed by atoms with Gasteiger partial charge in [-0.3, -0.25) is 0 Å². The Morgan fingerprint density at radius 2 is 1.24 bits per heavy atom. The van der Waals surface area contributed by atoms with E-state index < -0.39 is 13.2 Å². The molecule has 0 amide bonds. The van der Waals surface area contributed by atoms with Crippen LogP contribution >= 0.6 is 7.26 Å². The van der Waals surface area contributed by atoms with Crippen molar-refractivity contribution in [2.75, 3.05) is 0 Å². The smallest absolute Gasteiger partial charge is 0.140 e. The number of benzene rings is 3. The molecular formula is C26H27O2P. The van der Waals surface area contributed by atoms with E-state index in [-0.39, 0.29) is 6.05 Å². The van der Waals surface area contributed by atoms with Gasteiger partial charge in [-0.05, 0) is 48.9 Å². The summed E-state index contributed by atoms with van der Waals surface area (Å²) >= 11 is 0. The fourth-order valence-corrected chi connectivity index (χ4v) is 8.28. The summed E-state index contributed by atoms with van der Waals surface area (Å²) in [5, 5.41) is 15.8. The van der Waals surface area contributed by atoms with Crippen molar-refractivity contribution in [3.63, 3.8) is 0 Å². The minimum Gasteiger partial charge on any atom is -0.545 e. The Hall–Kier alpha value is -2.70. The molecule has 3 aromatic rings. The third-order valence-corrected chi connectivity index (χ3v) is 9.46. The van der Waals surface area contributed by atoms with Crippen molar-refractivity contribution in [3.8, 4) is 0 Å². The van der Waals surface area contributed by atoms with Gasteiger partial charge in [0.05, 0.1) is 12.7 Å². The predicted octanol–water partition coefficient (Wildman–Crippen LogP) is 4.19. The number of rotatable bonds is 9. The number of hydrogen-bond acceptors (Lipinski definition) is 2. The third-order valence-electron chi connectivity index (χ3n) is 5.10. The Balaban J connectivity index is 2.43. The maximum atomic E-state index is 12.0. The van der Waals surface area contributed by atoms with Crippen LogP contribution in [0, 0.1) is 0 Å². The lowest BCUT2D eigenvalue weighted by Gasteiger charge is -2.30. The average Bonchev–Trinajstić information content (AvgIpc) is 2.80. The number of aliphatic carboxylic acids is 1. The summed E-state index contributed by atoms with van der Waals surface area (Å²) in [6.07, 6.45) is 3.42. The molecule has 0 radical (unpaired) electrons. The molecule has 148 valence electrons. The lowest BCUT2D eigenvalue weighted by molar-refractivity contribution is -0.297. The van der Waals surface area contributed by atoms with E-state index in [4.69, 9.17) is 1.37 Å². The largest absolute Gasteiger partial charge is 0.545 e. The van der Waals surface area contributed by atoms with E-state index in [1.807, 2.05) is 54.6 Å². The van der Waals surface area contributed by atoms with E-state index in [0.717, 1.165) is 35.2 Å². The predicted molar refractivity (Wildman–Crippen MR) is 122 cm³/mol. The summed E-state index contributed by atoms with van der Waals surface area (Å²) in [5.74, 6) is -1.41. The van der Waals surface area contributed by atoms with E-state index in [2.05, 4.69) is 43.3 Å². The highest BCUT2D eigenvalue weighted by Gasteiger charge is 2.48. The number of carbonyl (C=O) groups is 1. The van der Waals surface area contributed by atoms with Crippen molar-refractivity contribution in [2.45, 2.75) is 32.6 Å². The summed E-state index contributed by atoms with van der Waals surface area (Å²) in [6, 6.07) is 29.8. The fourth-order valence-electron chi connectivity index (χ4n) is 3.84. The van der Waals surface area contributed by atoms with Crippen molar-refractivity contribution in [1.29, 1.82) is 0 Å². The van der Waals surface area contributed by atoms with Gasteiger partial charge in [0, 0.05) is 6.42 Å². The summed E-state index contributed by atoms with van der Waals surface area (Å²) in [7, 11) is -2.54. The Morgan fingerprint density at radius 1 is 0.828 bits per heavy atom. The molecular weight excluding hydrogens is 375 g/mol. The highest BCUT2D eigenvalue weighted by molar-refractivity contribution is 7.99. The molecule has 0 saturated heterocycles. The Kier molecular flexibility index (Phi) is 6.89. The first-order chi connectivity index (χ1) is 14.6. The third kappa shape index (κ3) is 4.66. The van der Waals surface area contributed by atoms with Crippen molar-refractivity contribution >= 4 is 29.1 Å². The molecule has 0 heterocycles. The highest BCUT2D eigenvalue weighted by Crippen LogP contribution is 2.63. The molecule has 0 fully saturated rings. The summed E-state index contributed by atoms with van der Waals surface area (Å²) in [6.45, 7) is 2.12. The van der Waals surface area contributed by atoms with Crippen LogP contribution in [0.4, 0.5) is 0 Å². The van der Waals surface area contributed by atoms with Gasteiger partial charge in [-0.1, -0.05) is 74.4 Å². The van der Waals surface area contributed by atoms with Gasteiger partial charge in [0.1, 0.15) is 23.2 Å². The first kappa shape index (κ1) is 19.6. The maximum Gasteiger partial charge on any atom is 0.140 e. The molecule has 29 heavy (non-hydrogen) atoms. The van der Waals surface area contributed by atoms with E-state index in [0.29, 0.717) is 11.7 Å². The molecule has 0 spiro atoms. The monoisotopic (exact) mass is 403 g/mol. The van der Waals surface area contributed by atoms with E-state index >= 15 is 0 Å². The topological polar surface area (TPSA) is 40.1 Å². The molecule has 0 aliphatic rings. The number of allylic oxidation sites excluding steroid dienone is 1. The van der Waals surface area contributed by atoms with Crippen molar-refractivity contribution in [1.82, 2.24) is 0 Å². The second-order valence-electron chi connectivity index (χ2n) is 6.99. The molecule has 3 rings (SSSR count). The standard InChI is InChI=1S/C26H27O2P/c1-2-3-7-20-25(21-26(27)28)29(22-14-8-4-9-15-22,23-16-10-5-11-17-23)24-18-12-6-13-19-24/h4-6,8-19,21H,2-3,7,20H2,1H3/b25-21-/i21D. The van der Waals surface area contributed by atoms with Crippen molar-refractivity contribution < 1.29 is 11.3 Å². The molecule has 0 aromatic heterocycles. The number of carbonyl (C=O) groups excluding carboxylic acids is 1. The van der Waals surface area contributed by atoms with Crippen molar-refractivity contribution in [2.24, 2.45) is 0 Å². The summed E-state index contributed by atoms with van der Waals surface area (Å²) in [4.78, 5) is 12.0. The quantitative estimate of drug-likeness (QED) is 0.305. The van der Waals surface area contributed by atoms with Gasteiger partial charge in [0.25, 0.3) is 0 Å². The highest BCUT2D eigenvalue weighted by atomic mass is 31.2. The van der Waals surface area contributed by atoms with E-state index in [1.165, 1.54) is 0 Å². The van der Waals surface area contributed by atoms with Crippen LogP contribution in [-0.2, 0) is 4.79 Å². The lowest BCUT2D eigenvalue weighted by atomic mass is 10.2. The number of carboxylic acid groups (broad SMARTS) is 1. The molecule has 0 saturated carbocycles. The zero-order chi connectivity index (χ0) is 21.4. The van der Waals surface area contributed by atoms with Crippen LogP contribution in [0.25, 0.3) is 0 Å². The van der Waals surface area contributed by atoms with Crippen LogP contribution in [0.15, 0.2) is 102 Å². The van der Waals surface area contributed by atoms with Crippen LogP contribution in [0.5, 0.6) is 0 Å². The SMILES string of the molecule is [2H]/C(C(=O)[O-])=C(\CCCCC)[P+](c1ccccc1)(c1ccccc1)c1ccccc1. The van der Waals surface area contributed by atoms with E-state index in [9.17, 15) is 9.90 Å². The minimum atomic E-state index is -2.54. The average molecular weight is 403 g/mol. The molecule has 0 N–H and O–H groups in total. The van der Waals surface area contributed by atoms with Crippen molar-refractivity contribution in [3.05, 3.63) is 102 Å². The summed E-state index contributed by atoms with van der Waals surface area (Å²) in [5.41, 5.74) is 0. The van der Waals surface area contributed by atoms with Gasteiger partial charge in [-0.25, -0.2) is 0 Å². The van der Waals surface area contributed by atoms with Crippen LogP contribution < -0.4 is 21.0 Å². The van der Waals surface area contributed by atoms with Gasteiger partial charge in [-0.15, -0.1) is 0 Å². The summed E-state index contributed by atoms with van der Waals surface area (Å²) < 4.78 is 8.57. The molecule has 0 aliphatic heterocycles. The van der Waals surface area contributed by atoms with Crippen LogP contribution in [-0.4, -0.2) is 5.97 Å². The first-order valence-electron chi connectivity index (χ1n) is 10.6. The fraction of sp³-hybridized carbons (Fsp3) is 0.192. The zero-order valence-electron chi connectivity index (χ0n) is 17.8. The molecule has 3 heteroatoms. The lowest BCUT2D eigenvalue weighted by Crippen LogP contribution is -2.33. The number of hydrogen-bond donors (Lipinski definition) is 0. The van der Waals surface area contributed by atoms with E-state index in [1.54, 1.807) is 0 Å². The minimum absolute atomic E-state index is 0.379. The Labute approximate surface area is 175 Å². The van der Waals surface area contributed by atoms with Gasteiger partial charge in [0.15, 0.2) is 0 Å². The second kappa shape index (κ2) is 10.2. The normalized spacial score (nSPS) is 12.8.